The van der Waals surface area contributed by atoms with Crippen molar-refractivity contribution in [2.45, 2.75) is 51.2 Å². The zero-order valence-electron chi connectivity index (χ0n) is 17.9. The Labute approximate surface area is 181 Å². The maximum Gasteiger partial charge on any atom is 0.416 e. The van der Waals surface area contributed by atoms with Crippen LogP contribution in [0.25, 0.3) is 11.1 Å². The number of carbonyl (C=O) groups excluding carboxylic acids is 1. The van der Waals surface area contributed by atoms with Gasteiger partial charge >= 0.3 is 6.18 Å². The van der Waals surface area contributed by atoms with Crippen LogP contribution in [0.1, 0.15) is 43.7 Å². The molecule has 0 atom stereocenters. The molecule has 7 heteroatoms. The molecule has 1 aliphatic carbocycles. The Hall–Kier alpha value is -2.54. The maximum absolute atomic E-state index is 12.9. The number of hydrogen-bond donors (Lipinski definition) is 2. The van der Waals surface area contributed by atoms with Crippen molar-refractivity contribution < 1.29 is 22.7 Å². The maximum atomic E-state index is 12.9. The van der Waals surface area contributed by atoms with Crippen molar-refractivity contribution in [3.05, 3.63) is 53.6 Å². The molecule has 2 aromatic rings. The SMILES string of the molecule is CCOc1ccc(-c2ccc(C(F)(F)F)cc2)cc1CC1(C(N)=O)CCC(NC)CC1. The average Bonchev–Trinajstić information content (AvgIpc) is 2.75. The lowest BCUT2D eigenvalue weighted by molar-refractivity contribution is -0.137. The second-order valence-electron chi connectivity index (χ2n) is 8.21. The highest BCUT2D eigenvalue weighted by Gasteiger charge is 2.41. The standard InChI is InChI=1S/C24H29F3N2O2/c1-3-31-21-9-6-17(16-4-7-19(8-5-16)24(25,26)27)14-18(21)15-23(22(28)30)12-10-20(29-2)11-13-23/h4-9,14,20,29H,3,10-13,15H2,1-2H3,(H2,28,30). The minimum atomic E-state index is -4.37. The number of ether oxygens (including phenoxy) is 1. The number of amides is 1. The molecule has 0 spiro atoms. The van der Waals surface area contributed by atoms with Gasteiger partial charge in [0.25, 0.3) is 0 Å². The molecule has 0 radical (unpaired) electrons. The molecule has 0 aliphatic heterocycles. The molecule has 3 rings (SSSR count). The van der Waals surface area contributed by atoms with Crippen LogP contribution in [0.5, 0.6) is 5.75 Å². The molecule has 0 saturated heterocycles. The Morgan fingerprint density at radius 1 is 1.13 bits per heavy atom. The van der Waals surface area contributed by atoms with Gasteiger partial charge in [0, 0.05) is 6.04 Å². The molecule has 1 amide bonds. The molecule has 0 heterocycles. The summed E-state index contributed by atoms with van der Waals surface area (Å²) in [5.74, 6) is 0.360. The second kappa shape index (κ2) is 9.30. The van der Waals surface area contributed by atoms with Gasteiger partial charge in [-0.3, -0.25) is 4.79 Å². The van der Waals surface area contributed by atoms with Gasteiger partial charge in [-0.1, -0.05) is 18.2 Å². The van der Waals surface area contributed by atoms with Gasteiger partial charge in [-0.15, -0.1) is 0 Å². The number of halogens is 3. The molecular formula is C24H29F3N2O2. The fourth-order valence-corrected chi connectivity index (χ4v) is 4.38. The monoisotopic (exact) mass is 434 g/mol. The van der Waals surface area contributed by atoms with Crippen LogP contribution in [0.3, 0.4) is 0 Å². The van der Waals surface area contributed by atoms with Gasteiger partial charge in [0.05, 0.1) is 17.6 Å². The van der Waals surface area contributed by atoms with Gasteiger partial charge < -0.3 is 15.8 Å². The highest BCUT2D eigenvalue weighted by molar-refractivity contribution is 5.81. The van der Waals surface area contributed by atoms with Crippen molar-refractivity contribution in [3.8, 4) is 16.9 Å². The highest BCUT2D eigenvalue weighted by atomic mass is 19.4. The number of primary amides is 1. The Kier molecular flexibility index (Phi) is 6.94. The first-order valence-corrected chi connectivity index (χ1v) is 10.6. The van der Waals surface area contributed by atoms with Crippen LogP contribution < -0.4 is 15.8 Å². The minimum absolute atomic E-state index is 0.315. The van der Waals surface area contributed by atoms with E-state index in [0.29, 0.717) is 43.2 Å². The van der Waals surface area contributed by atoms with Crippen molar-refractivity contribution in [1.29, 1.82) is 0 Å². The van der Waals surface area contributed by atoms with Crippen molar-refractivity contribution in [1.82, 2.24) is 5.32 Å². The first-order valence-electron chi connectivity index (χ1n) is 10.6. The molecule has 1 saturated carbocycles. The average molecular weight is 435 g/mol. The van der Waals surface area contributed by atoms with Gasteiger partial charge in [0.1, 0.15) is 5.75 Å². The Morgan fingerprint density at radius 3 is 2.26 bits per heavy atom. The van der Waals surface area contributed by atoms with Crippen molar-refractivity contribution in [2.75, 3.05) is 13.7 Å². The summed E-state index contributed by atoms with van der Waals surface area (Å²) in [5.41, 5.74) is 6.81. The van der Waals surface area contributed by atoms with Crippen LogP contribution in [0.4, 0.5) is 13.2 Å². The lowest BCUT2D eigenvalue weighted by Crippen LogP contribution is -2.45. The van der Waals surface area contributed by atoms with E-state index in [2.05, 4.69) is 5.32 Å². The molecule has 31 heavy (non-hydrogen) atoms. The molecule has 3 N–H and O–H groups in total. The lowest BCUT2D eigenvalue weighted by Gasteiger charge is -2.38. The van der Waals surface area contributed by atoms with E-state index in [1.54, 1.807) is 0 Å². The molecule has 1 fully saturated rings. The Bertz CT molecular complexity index is 902. The minimum Gasteiger partial charge on any atom is -0.494 e. The number of benzene rings is 2. The summed E-state index contributed by atoms with van der Waals surface area (Å²) in [6.07, 6.45) is -0.830. The van der Waals surface area contributed by atoms with Crippen LogP contribution in [0, 0.1) is 5.41 Å². The molecule has 0 unspecified atom stereocenters. The summed E-state index contributed by atoms with van der Waals surface area (Å²) in [6, 6.07) is 11.0. The largest absolute Gasteiger partial charge is 0.494 e. The van der Waals surface area contributed by atoms with E-state index in [1.807, 2.05) is 32.2 Å². The molecule has 0 aromatic heterocycles. The topological polar surface area (TPSA) is 64.3 Å². The summed E-state index contributed by atoms with van der Waals surface area (Å²) < 4.78 is 44.5. The van der Waals surface area contributed by atoms with E-state index >= 15 is 0 Å². The fraction of sp³-hybridized carbons (Fsp3) is 0.458. The first kappa shape index (κ1) is 23.1. The number of nitrogens with one attached hydrogen (secondary N) is 1. The van der Waals surface area contributed by atoms with Gasteiger partial charge in [-0.05, 0) is 87.0 Å². The van der Waals surface area contributed by atoms with Gasteiger partial charge in [0.2, 0.25) is 5.91 Å². The highest BCUT2D eigenvalue weighted by Crippen LogP contribution is 2.42. The summed E-state index contributed by atoms with van der Waals surface area (Å²) in [6.45, 7) is 2.35. The molecular weight excluding hydrogens is 405 g/mol. The smallest absolute Gasteiger partial charge is 0.416 e. The van der Waals surface area contributed by atoms with Crippen LogP contribution in [0.15, 0.2) is 42.5 Å². The first-order chi connectivity index (χ1) is 14.7. The number of hydrogen-bond acceptors (Lipinski definition) is 3. The molecule has 0 bridgehead atoms. The Morgan fingerprint density at radius 2 is 1.74 bits per heavy atom. The van der Waals surface area contributed by atoms with E-state index < -0.39 is 17.2 Å². The summed E-state index contributed by atoms with van der Waals surface area (Å²) >= 11 is 0. The van der Waals surface area contributed by atoms with Crippen LogP contribution in [-0.2, 0) is 17.4 Å². The predicted octanol–water partition coefficient (Wildman–Crippen LogP) is 4.95. The zero-order valence-corrected chi connectivity index (χ0v) is 17.9. The third-order valence-electron chi connectivity index (χ3n) is 6.31. The summed E-state index contributed by atoms with van der Waals surface area (Å²) in [4.78, 5) is 12.5. The molecule has 2 aromatic carbocycles. The van der Waals surface area contributed by atoms with Crippen LogP contribution in [-0.4, -0.2) is 25.6 Å². The van der Waals surface area contributed by atoms with E-state index in [-0.39, 0.29) is 5.91 Å². The number of alkyl halides is 3. The van der Waals surface area contributed by atoms with Crippen LogP contribution in [0.2, 0.25) is 0 Å². The van der Waals surface area contributed by atoms with Crippen molar-refractivity contribution in [3.63, 3.8) is 0 Å². The van der Waals surface area contributed by atoms with Gasteiger partial charge in [-0.2, -0.15) is 13.2 Å². The van der Waals surface area contributed by atoms with E-state index in [4.69, 9.17) is 10.5 Å². The van der Waals surface area contributed by atoms with Gasteiger partial charge in [-0.25, -0.2) is 0 Å². The lowest BCUT2D eigenvalue weighted by atomic mass is 9.68. The third-order valence-corrected chi connectivity index (χ3v) is 6.31. The molecule has 1 aliphatic rings. The van der Waals surface area contributed by atoms with Crippen molar-refractivity contribution in [2.24, 2.45) is 11.1 Å². The van der Waals surface area contributed by atoms with E-state index in [9.17, 15) is 18.0 Å². The normalized spacial score (nSPS) is 21.6. The van der Waals surface area contributed by atoms with Gasteiger partial charge in [0.15, 0.2) is 0 Å². The van der Waals surface area contributed by atoms with E-state index in [0.717, 1.165) is 36.1 Å². The summed E-state index contributed by atoms with van der Waals surface area (Å²) in [7, 11) is 1.92. The molecule has 168 valence electrons. The Balaban J connectivity index is 1.94. The van der Waals surface area contributed by atoms with E-state index in [1.165, 1.54) is 12.1 Å². The fourth-order valence-electron chi connectivity index (χ4n) is 4.38. The number of carbonyl (C=O) groups is 1. The number of rotatable bonds is 7. The molecule has 4 nitrogen and oxygen atoms in total. The predicted molar refractivity (Wildman–Crippen MR) is 115 cm³/mol. The van der Waals surface area contributed by atoms with Crippen molar-refractivity contribution >= 4 is 5.91 Å². The zero-order chi connectivity index (χ0) is 22.6. The van der Waals surface area contributed by atoms with Crippen LogP contribution >= 0.6 is 0 Å². The third kappa shape index (κ3) is 5.21. The number of nitrogens with two attached hydrogens (primary N) is 1. The quantitative estimate of drug-likeness (QED) is 0.648. The summed E-state index contributed by atoms with van der Waals surface area (Å²) in [5, 5.41) is 3.26. The second-order valence-corrected chi connectivity index (χ2v) is 8.21.